The SMILES string of the molecule is Cn1nnc(CN=C(Nc2ccccc2)N2CCCCC2)n1. The van der Waals surface area contributed by atoms with Crippen LogP contribution in [0, 0.1) is 0 Å². The van der Waals surface area contributed by atoms with Crippen LogP contribution in [-0.2, 0) is 13.6 Å². The molecule has 0 atom stereocenters. The maximum Gasteiger partial charge on any atom is 0.198 e. The maximum atomic E-state index is 4.68. The first-order valence-corrected chi connectivity index (χ1v) is 7.65. The monoisotopic (exact) mass is 299 g/mol. The number of aromatic nitrogens is 4. The number of piperidine rings is 1. The van der Waals surface area contributed by atoms with Crippen LogP contribution in [0.5, 0.6) is 0 Å². The van der Waals surface area contributed by atoms with E-state index < -0.39 is 0 Å². The summed E-state index contributed by atoms with van der Waals surface area (Å²) < 4.78 is 0. The average molecular weight is 299 g/mol. The largest absolute Gasteiger partial charge is 0.343 e. The number of likely N-dealkylation sites (tertiary alicyclic amines) is 1. The molecule has 0 saturated carbocycles. The first-order valence-electron chi connectivity index (χ1n) is 7.65. The summed E-state index contributed by atoms with van der Waals surface area (Å²) in [6.07, 6.45) is 3.71. The number of tetrazole rings is 1. The molecule has 3 rings (SSSR count). The van der Waals surface area contributed by atoms with Gasteiger partial charge in [0, 0.05) is 18.8 Å². The van der Waals surface area contributed by atoms with E-state index in [0.717, 1.165) is 24.7 Å². The van der Waals surface area contributed by atoms with E-state index in [1.54, 1.807) is 7.05 Å². The Kier molecular flexibility index (Phi) is 4.62. The van der Waals surface area contributed by atoms with Crippen LogP contribution < -0.4 is 5.32 Å². The van der Waals surface area contributed by atoms with Gasteiger partial charge in [-0.2, -0.15) is 4.80 Å². The summed E-state index contributed by atoms with van der Waals surface area (Å²) in [6, 6.07) is 10.1. The number of nitrogens with one attached hydrogen (secondary N) is 1. The molecule has 1 fully saturated rings. The van der Waals surface area contributed by atoms with Crippen molar-refractivity contribution in [3.63, 3.8) is 0 Å². The van der Waals surface area contributed by atoms with E-state index in [1.807, 2.05) is 30.3 Å². The van der Waals surface area contributed by atoms with Crippen molar-refractivity contribution in [1.82, 2.24) is 25.1 Å². The highest BCUT2D eigenvalue weighted by Gasteiger charge is 2.15. The summed E-state index contributed by atoms with van der Waals surface area (Å²) in [5.41, 5.74) is 1.04. The Morgan fingerprint density at radius 3 is 2.64 bits per heavy atom. The minimum absolute atomic E-state index is 0.430. The van der Waals surface area contributed by atoms with E-state index in [2.05, 4.69) is 30.6 Å². The van der Waals surface area contributed by atoms with E-state index >= 15 is 0 Å². The van der Waals surface area contributed by atoms with E-state index in [1.165, 1.54) is 24.1 Å². The summed E-state index contributed by atoms with van der Waals surface area (Å²) in [5, 5.41) is 15.4. The van der Waals surface area contributed by atoms with Crippen molar-refractivity contribution in [1.29, 1.82) is 0 Å². The van der Waals surface area contributed by atoms with Gasteiger partial charge in [-0.05, 0) is 36.6 Å². The Morgan fingerprint density at radius 2 is 1.95 bits per heavy atom. The standard InChI is InChI=1S/C15H21N7/c1-21-19-14(18-20-21)12-16-15(22-10-6-3-7-11-22)17-13-8-4-2-5-9-13/h2,4-5,8-9H,3,6-7,10-12H2,1H3,(H,16,17). The van der Waals surface area contributed by atoms with Crippen molar-refractivity contribution < 1.29 is 0 Å². The summed E-state index contributed by atoms with van der Waals surface area (Å²) in [6.45, 7) is 2.50. The van der Waals surface area contributed by atoms with Crippen LogP contribution in [0.25, 0.3) is 0 Å². The Labute approximate surface area is 130 Å². The number of benzene rings is 1. The van der Waals surface area contributed by atoms with Crippen LogP contribution in [0.3, 0.4) is 0 Å². The molecule has 1 saturated heterocycles. The van der Waals surface area contributed by atoms with Gasteiger partial charge in [0.05, 0.1) is 7.05 Å². The number of para-hydroxylation sites is 1. The van der Waals surface area contributed by atoms with Crippen molar-refractivity contribution in [2.45, 2.75) is 25.8 Å². The number of aliphatic imine (C=N–C) groups is 1. The molecule has 1 N–H and O–H groups in total. The predicted molar refractivity (Wildman–Crippen MR) is 85.4 cm³/mol. The summed E-state index contributed by atoms with van der Waals surface area (Å²) >= 11 is 0. The first kappa shape index (κ1) is 14.5. The van der Waals surface area contributed by atoms with Gasteiger partial charge in [-0.25, -0.2) is 4.99 Å². The van der Waals surface area contributed by atoms with Gasteiger partial charge in [-0.1, -0.05) is 18.2 Å². The number of anilines is 1. The van der Waals surface area contributed by atoms with Gasteiger partial charge in [-0.15, -0.1) is 10.2 Å². The van der Waals surface area contributed by atoms with Gasteiger partial charge in [0.25, 0.3) is 0 Å². The lowest BCUT2D eigenvalue weighted by Gasteiger charge is -2.30. The zero-order valence-electron chi connectivity index (χ0n) is 12.8. The van der Waals surface area contributed by atoms with Crippen LogP contribution in [0.15, 0.2) is 35.3 Å². The van der Waals surface area contributed by atoms with E-state index in [4.69, 9.17) is 0 Å². The Hall–Kier alpha value is -2.44. The van der Waals surface area contributed by atoms with Crippen molar-refractivity contribution in [2.75, 3.05) is 18.4 Å². The Balaban J connectivity index is 1.75. The van der Waals surface area contributed by atoms with Crippen LogP contribution in [0.2, 0.25) is 0 Å². The van der Waals surface area contributed by atoms with Crippen molar-refractivity contribution in [2.24, 2.45) is 12.0 Å². The van der Waals surface area contributed by atoms with Crippen LogP contribution in [0.1, 0.15) is 25.1 Å². The smallest absolute Gasteiger partial charge is 0.198 e. The van der Waals surface area contributed by atoms with Crippen molar-refractivity contribution in [3.8, 4) is 0 Å². The molecule has 0 spiro atoms. The number of hydrogen-bond acceptors (Lipinski definition) is 4. The molecule has 1 aliphatic rings. The number of hydrogen-bond donors (Lipinski definition) is 1. The predicted octanol–water partition coefficient (Wildman–Crippen LogP) is 1.66. The molecule has 1 aromatic carbocycles. The third-order valence-electron chi connectivity index (χ3n) is 3.61. The molecule has 0 amide bonds. The van der Waals surface area contributed by atoms with Crippen LogP contribution in [0.4, 0.5) is 5.69 Å². The van der Waals surface area contributed by atoms with Gasteiger partial charge in [0.2, 0.25) is 0 Å². The lowest BCUT2D eigenvalue weighted by atomic mass is 10.1. The fourth-order valence-corrected chi connectivity index (χ4v) is 2.51. The first-order chi connectivity index (χ1) is 10.8. The van der Waals surface area contributed by atoms with Gasteiger partial charge in [0.1, 0.15) is 6.54 Å². The van der Waals surface area contributed by atoms with E-state index in [-0.39, 0.29) is 0 Å². The van der Waals surface area contributed by atoms with Crippen LogP contribution in [-0.4, -0.2) is 44.2 Å². The average Bonchev–Trinajstić information content (AvgIpc) is 2.99. The highest BCUT2D eigenvalue weighted by Crippen LogP contribution is 2.13. The number of rotatable bonds is 3. The van der Waals surface area contributed by atoms with Crippen LogP contribution >= 0.6 is 0 Å². The molecule has 116 valence electrons. The van der Waals surface area contributed by atoms with Gasteiger partial charge in [0.15, 0.2) is 11.8 Å². The quantitative estimate of drug-likeness (QED) is 0.689. The molecule has 2 aromatic rings. The highest BCUT2D eigenvalue weighted by molar-refractivity contribution is 5.93. The fourth-order valence-electron chi connectivity index (χ4n) is 2.51. The van der Waals surface area contributed by atoms with Gasteiger partial charge in [-0.3, -0.25) is 0 Å². The number of guanidine groups is 1. The second kappa shape index (κ2) is 7.02. The molecule has 1 aromatic heterocycles. The number of aryl methyl sites for hydroxylation is 1. The molecule has 0 bridgehead atoms. The second-order valence-corrected chi connectivity index (χ2v) is 5.37. The molecule has 7 heteroatoms. The van der Waals surface area contributed by atoms with Crippen molar-refractivity contribution >= 4 is 11.6 Å². The normalized spacial score (nSPS) is 15.9. The molecule has 7 nitrogen and oxygen atoms in total. The van der Waals surface area contributed by atoms with E-state index in [0.29, 0.717) is 12.4 Å². The number of nitrogens with zero attached hydrogens (tertiary/aromatic N) is 6. The molecule has 0 radical (unpaired) electrons. The minimum atomic E-state index is 0.430. The topological polar surface area (TPSA) is 71.2 Å². The Morgan fingerprint density at radius 1 is 1.18 bits per heavy atom. The maximum absolute atomic E-state index is 4.68. The lowest BCUT2D eigenvalue weighted by Crippen LogP contribution is -2.40. The molecule has 2 heterocycles. The molecular weight excluding hydrogens is 278 g/mol. The second-order valence-electron chi connectivity index (χ2n) is 5.37. The molecule has 0 aliphatic carbocycles. The lowest BCUT2D eigenvalue weighted by molar-refractivity contribution is 0.340. The van der Waals surface area contributed by atoms with E-state index in [9.17, 15) is 0 Å². The van der Waals surface area contributed by atoms with Gasteiger partial charge >= 0.3 is 0 Å². The summed E-state index contributed by atoms with van der Waals surface area (Å²) in [5.74, 6) is 1.52. The highest BCUT2D eigenvalue weighted by atomic mass is 15.6. The zero-order valence-corrected chi connectivity index (χ0v) is 12.8. The fraction of sp³-hybridized carbons (Fsp3) is 0.467. The minimum Gasteiger partial charge on any atom is -0.343 e. The molecular formula is C15H21N7. The molecule has 0 unspecified atom stereocenters. The van der Waals surface area contributed by atoms with Crippen molar-refractivity contribution in [3.05, 3.63) is 36.2 Å². The summed E-state index contributed by atoms with van der Waals surface area (Å²) in [4.78, 5) is 8.43. The molecule has 22 heavy (non-hydrogen) atoms. The Bertz CT molecular complexity index is 614. The molecule has 1 aliphatic heterocycles. The summed E-state index contributed by atoms with van der Waals surface area (Å²) in [7, 11) is 1.76. The third-order valence-corrected chi connectivity index (χ3v) is 3.61. The van der Waals surface area contributed by atoms with Gasteiger partial charge < -0.3 is 10.2 Å². The zero-order chi connectivity index (χ0) is 15.2. The third kappa shape index (κ3) is 3.81.